The number of nitrogens with two attached hydrogens (primary N) is 1. The van der Waals surface area contributed by atoms with Gasteiger partial charge in [-0.2, -0.15) is 0 Å². The predicted molar refractivity (Wildman–Crippen MR) is 65.2 cm³/mol. The molecule has 0 spiro atoms. The van der Waals surface area contributed by atoms with Crippen LogP contribution in [0.1, 0.15) is 13.8 Å². The van der Waals surface area contributed by atoms with E-state index >= 15 is 0 Å². The van der Waals surface area contributed by atoms with E-state index in [4.69, 9.17) is 5.73 Å². The second-order valence-electron chi connectivity index (χ2n) is 4.48. The number of primary amides is 1. The van der Waals surface area contributed by atoms with Crippen molar-refractivity contribution in [2.24, 2.45) is 5.73 Å². The van der Waals surface area contributed by atoms with Gasteiger partial charge in [0.2, 0.25) is 5.91 Å². The largest absolute Gasteiger partial charge is 0.368 e. The SMILES string of the molecule is CCN1CCN(CC(NC)C(N)=O)CC1C. The molecule has 1 aliphatic heterocycles. The summed E-state index contributed by atoms with van der Waals surface area (Å²) in [6.45, 7) is 9.34. The van der Waals surface area contributed by atoms with Gasteiger partial charge in [-0.1, -0.05) is 6.92 Å². The second-order valence-corrected chi connectivity index (χ2v) is 4.48. The standard InChI is InChI=1S/C11H24N4O/c1-4-15-6-5-14(7-9(15)2)8-10(13-3)11(12)16/h9-10,13H,4-8H2,1-3H3,(H2,12,16). The molecule has 0 saturated carbocycles. The maximum absolute atomic E-state index is 11.1. The molecule has 16 heavy (non-hydrogen) atoms. The van der Waals surface area contributed by atoms with Crippen molar-refractivity contribution in [1.29, 1.82) is 0 Å². The molecule has 1 amide bonds. The van der Waals surface area contributed by atoms with E-state index in [1.807, 2.05) is 0 Å². The van der Waals surface area contributed by atoms with Crippen LogP contribution in [0.5, 0.6) is 0 Å². The smallest absolute Gasteiger partial charge is 0.235 e. The lowest BCUT2D eigenvalue weighted by molar-refractivity contribution is -0.120. The molecule has 94 valence electrons. The summed E-state index contributed by atoms with van der Waals surface area (Å²) in [5, 5.41) is 2.96. The first-order valence-electron chi connectivity index (χ1n) is 6.01. The summed E-state index contributed by atoms with van der Waals surface area (Å²) in [5.74, 6) is -0.270. The highest BCUT2D eigenvalue weighted by Crippen LogP contribution is 2.09. The van der Waals surface area contributed by atoms with Crippen LogP contribution < -0.4 is 11.1 Å². The van der Waals surface area contributed by atoms with Crippen LogP contribution in [0.15, 0.2) is 0 Å². The van der Waals surface area contributed by atoms with Crippen molar-refractivity contribution in [2.75, 3.05) is 39.8 Å². The fraction of sp³-hybridized carbons (Fsp3) is 0.909. The Morgan fingerprint density at radius 3 is 2.69 bits per heavy atom. The third-order valence-electron chi connectivity index (χ3n) is 3.39. The molecule has 5 nitrogen and oxygen atoms in total. The van der Waals surface area contributed by atoms with Gasteiger partial charge in [0, 0.05) is 32.2 Å². The van der Waals surface area contributed by atoms with Gasteiger partial charge in [0.25, 0.3) is 0 Å². The maximum atomic E-state index is 11.1. The predicted octanol–water partition coefficient (Wildman–Crippen LogP) is -0.914. The van der Waals surface area contributed by atoms with E-state index in [1.54, 1.807) is 7.05 Å². The van der Waals surface area contributed by atoms with Crippen molar-refractivity contribution >= 4 is 5.91 Å². The van der Waals surface area contributed by atoms with E-state index in [2.05, 4.69) is 29.0 Å². The molecule has 1 heterocycles. The molecule has 2 atom stereocenters. The molecule has 1 rings (SSSR count). The number of amides is 1. The summed E-state index contributed by atoms with van der Waals surface area (Å²) in [4.78, 5) is 15.9. The highest BCUT2D eigenvalue weighted by Gasteiger charge is 2.25. The molecule has 5 heteroatoms. The Labute approximate surface area is 98.0 Å². The number of carbonyl (C=O) groups excluding carboxylic acids is 1. The molecule has 3 N–H and O–H groups in total. The number of nitrogens with zero attached hydrogens (tertiary/aromatic N) is 2. The van der Waals surface area contributed by atoms with Crippen molar-refractivity contribution in [2.45, 2.75) is 25.9 Å². The van der Waals surface area contributed by atoms with E-state index in [1.165, 1.54) is 0 Å². The van der Waals surface area contributed by atoms with E-state index in [0.29, 0.717) is 12.6 Å². The molecule has 0 aromatic rings. The molecule has 0 aromatic carbocycles. The monoisotopic (exact) mass is 228 g/mol. The Morgan fingerprint density at radius 1 is 1.56 bits per heavy atom. The fourth-order valence-electron chi connectivity index (χ4n) is 2.29. The zero-order valence-corrected chi connectivity index (χ0v) is 10.6. The number of piperazine rings is 1. The van der Waals surface area contributed by atoms with Crippen LogP contribution in [0.2, 0.25) is 0 Å². The van der Waals surface area contributed by atoms with Gasteiger partial charge < -0.3 is 11.1 Å². The van der Waals surface area contributed by atoms with Crippen LogP contribution in [0.4, 0.5) is 0 Å². The number of hydrogen-bond donors (Lipinski definition) is 2. The van der Waals surface area contributed by atoms with Crippen LogP contribution in [0.25, 0.3) is 0 Å². The van der Waals surface area contributed by atoms with Crippen LogP contribution in [0, 0.1) is 0 Å². The highest BCUT2D eigenvalue weighted by molar-refractivity contribution is 5.80. The lowest BCUT2D eigenvalue weighted by Gasteiger charge is -2.40. The van der Waals surface area contributed by atoms with Crippen LogP contribution in [0.3, 0.4) is 0 Å². The molecule has 0 aliphatic carbocycles. The Morgan fingerprint density at radius 2 is 2.25 bits per heavy atom. The van der Waals surface area contributed by atoms with Crippen molar-refractivity contribution in [3.05, 3.63) is 0 Å². The quantitative estimate of drug-likeness (QED) is 0.639. The molecular weight excluding hydrogens is 204 g/mol. The van der Waals surface area contributed by atoms with Gasteiger partial charge in [-0.05, 0) is 20.5 Å². The van der Waals surface area contributed by atoms with E-state index in [9.17, 15) is 4.79 Å². The first kappa shape index (κ1) is 13.4. The summed E-state index contributed by atoms with van der Waals surface area (Å²) in [5.41, 5.74) is 5.31. The zero-order chi connectivity index (χ0) is 12.1. The van der Waals surface area contributed by atoms with E-state index in [0.717, 1.165) is 26.2 Å². The molecule has 0 bridgehead atoms. The second kappa shape index (κ2) is 6.18. The van der Waals surface area contributed by atoms with Gasteiger partial charge in [-0.3, -0.25) is 14.6 Å². The highest BCUT2D eigenvalue weighted by atomic mass is 16.1. The minimum atomic E-state index is -0.270. The number of nitrogens with one attached hydrogen (secondary N) is 1. The molecule has 0 aromatic heterocycles. The van der Waals surface area contributed by atoms with Crippen LogP contribution >= 0.6 is 0 Å². The Bertz CT molecular complexity index is 234. The minimum absolute atomic E-state index is 0.236. The number of hydrogen-bond acceptors (Lipinski definition) is 4. The normalized spacial score (nSPS) is 25.6. The molecule has 1 saturated heterocycles. The first-order valence-corrected chi connectivity index (χ1v) is 6.01. The van der Waals surface area contributed by atoms with Gasteiger partial charge >= 0.3 is 0 Å². The van der Waals surface area contributed by atoms with Crippen LogP contribution in [-0.2, 0) is 4.79 Å². The zero-order valence-electron chi connectivity index (χ0n) is 10.6. The summed E-state index contributed by atoms with van der Waals surface area (Å²) < 4.78 is 0. The first-order chi connectivity index (χ1) is 7.58. The van der Waals surface area contributed by atoms with Crippen molar-refractivity contribution < 1.29 is 4.79 Å². The average Bonchev–Trinajstić information content (AvgIpc) is 2.25. The van der Waals surface area contributed by atoms with E-state index in [-0.39, 0.29) is 11.9 Å². The van der Waals surface area contributed by atoms with Crippen LogP contribution in [-0.4, -0.2) is 67.6 Å². The molecular formula is C11H24N4O. The molecule has 2 unspecified atom stereocenters. The summed E-state index contributed by atoms with van der Waals surface area (Å²) >= 11 is 0. The maximum Gasteiger partial charge on any atom is 0.235 e. The fourth-order valence-corrected chi connectivity index (χ4v) is 2.29. The van der Waals surface area contributed by atoms with Gasteiger partial charge in [0.15, 0.2) is 0 Å². The van der Waals surface area contributed by atoms with E-state index < -0.39 is 0 Å². The lowest BCUT2D eigenvalue weighted by Crippen LogP contribution is -2.56. The molecule has 0 radical (unpaired) electrons. The Balaban J connectivity index is 2.42. The minimum Gasteiger partial charge on any atom is -0.368 e. The van der Waals surface area contributed by atoms with Crippen molar-refractivity contribution in [3.8, 4) is 0 Å². The Kier molecular flexibility index (Phi) is 5.18. The summed E-state index contributed by atoms with van der Waals surface area (Å²) in [7, 11) is 1.78. The number of rotatable bonds is 5. The summed E-state index contributed by atoms with van der Waals surface area (Å²) in [6, 6.07) is 0.324. The summed E-state index contributed by atoms with van der Waals surface area (Å²) in [6.07, 6.45) is 0. The lowest BCUT2D eigenvalue weighted by atomic mass is 10.1. The number of likely N-dealkylation sites (N-methyl/N-ethyl adjacent to an activating group) is 2. The van der Waals surface area contributed by atoms with Gasteiger partial charge in [0.05, 0.1) is 6.04 Å². The average molecular weight is 228 g/mol. The Hall–Kier alpha value is -0.650. The van der Waals surface area contributed by atoms with Crippen molar-refractivity contribution in [3.63, 3.8) is 0 Å². The van der Waals surface area contributed by atoms with Gasteiger partial charge in [-0.15, -0.1) is 0 Å². The van der Waals surface area contributed by atoms with Gasteiger partial charge in [-0.25, -0.2) is 0 Å². The topological polar surface area (TPSA) is 61.6 Å². The third-order valence-corrected chi connectivity index (χ3v) is 3.39. The molecule has 1 aliphatic rings. The number of carbonyl (C=O) groups is 1. The van der Waals surface area contributed by atoms with Gasteiger partial charge in [0.1, 0.15) is 0 Å². The van der Waals surface area contributed by atoms with Crippen molar-refractivity contribution in [1.82, 2.24) is 15.1 Å². The third kappa shape index (κ3) is 3.43. The molecule has 1 fully saturated rings.